The molecule has 19 heavy (non-hydrogen) atoms. The summed E-state index contributed by atoms with van der Waals surface area (Å²) in [5.41, 5.74) is 7.84. The lowest BCUT2D eigenvalue weighted by Crippen LogP contribution is -2.13. The summed E-state index contributed by atoms with van der Waals surface area (Å²) >= 11 is 0. The molecule has 0 aliphatic heterocycles. The van der Waals surface area contributed by atoms with Crippen LogP contribution in [-0.4, -0.2) is 14.2 Å². The second-order valence-electron chi connectivity index (χ2n) is 4.14. The van der Waals surface area contributed by atoms with Gasteiger partial charge in [0, 0.05) is 11.6 Å². The second kappa shape index (κ2) is 5.71. The molecule has 1 atom stereocenters. The van der Waals surface area contributed by atoms with Gasteiger partial charge in [-0.05, 0) is 29.8 Å². The highest BCUT2D eigenvalue weighted by Crippen LogP contribution is 2.31. The van der Waals surface area contributed by atoms with Gasteiger partial charge in [-0.3, -0.25) is 0 Å². The minimum atomic E-state index is -0.374. The van der Waals surface area contributed by atoms with Crippen molar-refractivity contribution < 1.29 is 13.9 Å². The van der Waals surface area contributed by atoms with Crippen LogP contribution < -0.4 is 15.2 Å². The number of hydrogen-bond acceptors (Lipinski definition) is 3. The number of rotatable bonds is 4. The molecule has 1 unspecified atom stereocenters. The molecular formula is C15H16FNO2. The van der Waals surface area contributed by atoms with Gasteiger partial charge in [0.25, 0.3) is 0 Å². The molecule has 0 aliphatic rings. The molecule has 0 fully saturated rings. The maximum atomic E-state index is 12.9. The Morgan fingerprint density at radius 3 is 2.26 bits per heavy atom. The average molecular weight is 261 g/mol. The SMILES string of the molecule is COc1ccc(C(N)c2ccc(F)cc2)c(OC)c1. The molecule has 2 aromatic rings. The monoisotopic (exact) mass is 261 g/mol. The number of halogens is 1. The van der Waals surface area contributed by atoms with Gasteiger partial charge in [0.2, 0.25) is 0 Å². The molecule has 0 bridgehead atoms. The molecule has 0 aliphatic carbocycles. The molecule has 0 amide bonds. The van der Waals surface area contributed by atoms with Crippen molar-refractivity contribution in [2.24, 2.45) is 5.73 Å². The zero-order chi connectivity index (χ0) is 13.8. The van der Waals surface area contributed by atoms with Crippen LogP contribution in [0.4, 0.5) is 4.39 Å². The zero-order valence-corrected chi connectivity index (χ0v) is 10.9. The van der Waals surface area contributed by atoms with E-state index >= 15 is 0 Å². The topological polar surface area (TPSA) is 44.5 Å². The normalized spacial score (nSPS) is 12.0. The predicted octanol–water partition coefficient (Wildman–Crippen LogP) is 2.89. The summed E-state index contributed by atoms with van der Waals surface area (Å²) in [5, 5.41) is 0. The molecule has 0 radical (unpaired) electrons. The first-order valence-electron chi connectivity index (χ1n) is 5.88. The lowest BCUT2D eigenvalue weighted by molar-refractivity contribution is 0.390. The predicted molar refractivity (Wildman–Crippen MR) is 72.0 cm³/mol. The van der Waals surface area contributed by atoms with Crippen LogP contribution in [0.2, 0.25) is 0 Å². The summed E-state index contributed by atoms with van der Waals surface area (Å²) in [6.07, 6.45) is 0. The molecule has 3 nitrogen and oxygen atoms in total. The largest absolute Gasteiger partial charge is 0.497 e. The van der Waals surface area contributed by atoms with Gasteiger partial charge in [-0.25, -0.2) is 4.39 Å². The number of benzene rings is 2. The average Bonchev–Trinajstić information content (AvgIpc) is 2.46. The summed E-state index contributed by atoms with van der Waals surface area (Å²) in [4.78, 5) is 0. The highest BCUT2D eigenvalue weighted by atomic mass is 19.1. The van der Waals surface area contributed by atoms with E-state index in [2.05, 4.69) is 0 Å². The lowest BCUT2D eigenvalue weighted by Gasteiger charge is -2.17. The zero-order valence-electron chi connectivity index (χ0n) is 10.9. The number of ether oxygens (including phenoxy) is 2. The molecule has 4 heteroatoms. The van der Waals surface area contributed by atoms with Gasteiger partial charge in [-0.15, -0.1) is 0 Å². The van der Waals surface area contributed by atoms with Gasteiger partial charge >= 0.3 is 0 Å². The summed E-state index contributed by atoms with van der Waals surface area (Å²) in [7, 11) is 3.17. The van der Waals surface area contributed by atoms with E-state index in [9.17, 15) is 4.39 Å². The van der Waals surface area contributed by atoms with E-state index in [1.807, 2.05) is 12.1 Å². The highest BCUT2D eigenvalue weighted by molar-refractivity contribution is 5.45. The van der Waals surface area contributed by atoms with Crippen LogP contribution in [0.1, 0.15) is 17.2 Å². The van der Waals surface area contributed by atoms with Crippen molar-refractivity contribution in [3.05, 3.63) is 59.4 Å². The Labute approximate surface area is 111 Å². The smallest absolute Gasteiger partial charge is 0.127 e. The van der Waals surface area contributed by atoms with Crippen LogP contribution in [-0.2, 0) is 0 Å². The number of methoxy groups -OCH3 is 2. The van der Waals surface area contributed by atoms with Gasteiger partial charge < -0.3 is 15.2 Å². The van der Waals surface area contributed by atoms with Crippen LogP contribution in [0.5, 0.6) is 11.5 Å². The standard InChI is InChI=1S/C15H16FNO2/c1-18-12-7-8-13(14(9-12)19-2)15(17)10-3-5-11(16)6-4-10/h3-9,15H,17H2,1-2H3. The third-order valence-corrected chi connectivity index (χ3v) is 3.00. The van der Waals surface area contributed by atoms with Crippen LogP contribution in [0.25, 0.3) is 0 Å². The van der Waals surface area contributed by atoms with Crippen LogP contribution in [0.3, 0.4) is 0 Å². The summed E-state index contributed by atoms with van der Waals surface area (Å²) in [5.74, 6) is 1.07. The number of hydrogen-bond donors (Lipinski definition) is 1. The van der Waals surface area contributed by atoms with Crippen LogP contribution >= 0.6 is 0 Å². The second-order valence-corrected chi connectivity index (χ2v) is 4.14. The van der Waals surface area contributed by atoms with E-state index in [1.54, 1.807) is 32.4 Å². The van der Waals surface area contributed by atoms with E-state index in [1.165, 1.54) is 12.1 Å². The van der Waals surface area contributed by atoms with E-state index in [4.69, 9.17) is 15.2 Å². The van der Waals surface area contributed by atoms with Crippen LogP contribution in [0, 0.1) is 5.82 Å². The third-order valence-electron chi connectivity index (χ3n) is 3.00. The summed E-state index contributed by atoms with van der Waals surface area (Å²) in [6, 6.07) is 11.2. The number of nitrogens with two attached hydrogens (primary N) is 1. The fraction of sp³-hybridized carbons (Fsp3) is 0.200. The molecule has 2 aromatic carbocycles. The maximum absolute atomic E-state index is 12.9. The van der Waals surface area contributed by atoms with Crippen molar-refractivity contribution in [3.63, 3.8) is 0 Å². The first kappa shape index (κ1) is 13.4. The Hall–Kier alpha value is -2.07. The van der Waals surface area contributed by atoms with Gasteiger partial charge in [0.05, 0.1) is 20.3 Å². The summed E-state index contributed by atoms with van der Waals surface area (Å²) < 4.78 is 23.4. The molecule has 0 saturated carbocycles. The molecule has 2 rings (SSSR count). The fourth-order valence-corrected chi connectivity index (χ4v) is 1.93. The lowest BCUT2D eigenvalue weighted by atomic mass is 9.98. The molecule has 0 aromatic heterocycles. The minimum absolute atomic E-state index is 0.280. The Balaban J connectivity index is 2.37. The molecule has 0 heterocycles. The van der Waals surface area contributed by atoms with Crippen molar-refractivity contribution in [1.29, 1.82) is 0 Å². The van der Waals surface area contributed by atoms with Crippen molar-refractivity contribution in [1.82, 2.24) is 0 Å². The Bertz CT molecular complexity index is 555. The van der Waals surface area contributed by atoms with E-state index in [0.717, 1.165) is 11.1 Å². The van der Waals surface area contributed by atoms with E-state index in [-0.39, 0.29) is 11.9 Å². The molecular weight excluding hydrogens is 245 g/mol. The summed E-state index contributed by atoms with van der Waals surface area (Å²) in [6.45, 7) is 0. The van der Waals surface area contributed by atoms with Gasteiger partial charge in [0.15, 0.2) is 0 Å². The third kappa shape index (κ3) is 2.85. The fourth-order valence-electron chi connectivity index (χ4n) is 1.93. The Morgan fingerprint density at radius 2 is 1.68 bits per heavy atom. The van der Waals surface area contributed by atoms with Gasteiger partial charge in [-0.1, -0.05) is 12.1 Å². The first-order valence-corrected chi connectivity index (χ1v) is 5.88. The quantitative estimate of drug-likeness (QED) is 0.920. The Morgan fingerprint density at radius 1 is 1.00 bits per heavy atom. The van der Waals surface area contributed by atoms with Crippen molar-refractivity contribution in [3.8, 4) is 11.5 Å². The van der Waals surface area contributed by atoms with Crippen molar-refractivity contribution in [2.75, 3.05) is 14.2 Å². The molecule has 0 saturated heterocycles. The highest BCUT2D eigenvalue weighted by Gasteiger charge is 2.14. The molecule has 0 spiro atoms. The van der Waals surface area contributed by atoms with Crippen molar-refractivity contribution in [2.45, 2.75) is 6.04 Å². The molecule has 2 N–H and O–H groups in total. The minimum Gasteiger partial charge on any atom is -0.497 e. The van der Waals surface area contributed by atoms with Crippen molar-refractivity contribution >= 4 is 0 Å². The maximum Gasteiger partial charge on any atom is 0.127 e. The Kier molecular flexibility index (Phi) is 4.02. The van der Waals surface area contributed by atoms with Gasteiger partial charge in [-0.2, -0.15) is 0 Å². The first-order chi connectivity index (χ1) is 9.15. The van der Waals surface area contributed by atoms with Crippen LogP contribution in [0.15, 0.2) is 42.5 Å². The molecule has 100 valence electrons. The van der Waals surface area contributed by atoms with E-state index < -0.39 is 0 Å². The van der Waals surface area contributed by atoms with Gasteiger partial charge in [0.1, 0.15) is 17.3 Å². The van der Waals surface area contributed by atoms with E-state index in [0.29, 0.717) is 11.5 Å².